The van der Waals surface area contributed by atoms with E-state index in [0.29, 0.717) is 17.5 Å². The summed E-state index contributed by atoms with van der Waals surface area (Å²) in [6, 6.07) is 58.1. The minimum absolute atomic E-state index is 0.637. The molecule has 0 radical (unpaired) electrons. The first kappa shape index (κ1) is 29.3. The van der Waals surface area contributed by atoms with E-state index in [1.807, 2.05) is 91.1 Å². The van der Waals surface area contributed by atoms with Crippen LogP contribution in [0, 0.1) is 0 Å². The molecule has 9 aromatic rings. The van der Waals surface area contributed by atoms with Gasteiger partial charge in [0.1, 0.15) is 0 Å². The molecule has 234 valence electrons. The van der Waals surface area contributed by atoms with Crippen LogP contribution in [0.5, 0.6) is 0 Å². The van der Waals surface area contributed by atoms with Crippen LogP contribution in [-0.4, -0.2) is 24.9 Å². The number of benzene rings is 6. The lowest BCUT2D eigenvalue weighted by atomic mass is 9.92. The van der Waals surface area contributed by atoms with Crippen LogP contribution in [0.2, 0.25) is 0 Å². The van der Waals surface area contributed by atoms with Crippen LogP contribution in [-0.2, 0) is 0 Å². The Morgan fingerprint density at radius 3 is 1.56 bits per heavy atom. The number of pyridine rings is 2. The zero-order chi connectivity index (χ0) is 33.3. The average Bonchev–Trinajstić information content (AvgIpc) is 3.21. The highest BCUT2D eigenvalue weighted by Crippen LogP contribution is 2.39. The second-order valence-electron chi connectivity index (χ2n) is 12.1. The van der Waals surface area contributed by atoms with Crippen molar-refractivity contribution in [3.8, 4) is 67.8 Å². The van der Waals surface area contributed by atoms with Gasteiger partial charge in [-0.1, -0.05) is 146 Å². The molecule has 0 aliphatic carbocycles. The third kappa shape index (κ3) is 5.47. The lowest BCUT2D eigenvalue weighted by Gasteiger charge is -2.14. The van der Waals surface area contributed by atoms with Gasteiger partial charge < -0.3 is 0 Å². The number of aromatic nitrogens is 5. The van der Waals surface area contributed by atoms with Crippen molar-refractivity contribution in [1.29, 1.82) is 0 Å². The molecule has 5 nitrogen and oxygen atoms in total. The van der Waals surface area contributed by atoms with Gasteiger partial charge in [0.05, 0.1) is 16.9 Å². The Bertz CT molecular complexity index is 2560. The summed E-state index contributed by atoms with van der Waals surface area (Å²) in [4.78, 5) is 24.4. The highest BCUT2D eigenvalue weighted by atomic mass is 15.0. The van der Waals surface area contributed by atoms with E-state index in [1.54, 1.807) is 0 Å². The molecule has 6 aromatic carbocycles. The summed E-state index contributed by atoms with van der Waals surface area (Å²) in [7, 11) is 0. The molecule has 0 aliphatic heterocycles. The molecule has 9 rings (SSSR count). The summed E-state index contributed by atoms with van der Waals surface area (Å²) in [5.41, 5.74) is 10.0. The van der Waals surface area contributed by atoms with Crippen molar-refractivity contribution in [3.05, 3.63) is 176 Å². The Morgan fingerprint density at radius 1 is 0.340 bits per heavy atom. The van der Waals surface area contributed by atoms with Gasteiger partial charge in [0.25, 0.3) is 0 Å². The molecular formula is C45H29N5. The van der Waals surface area contributed by atoms with Crippen molar-refractivity contribution < 1.29 is 0 Å². The molecule has 3 heterocycles. The summed E-state index contributed by atoms with van der Waals surface area (Å²) in [6.07, 6.45) is 1.82. The van der Waals surface area contributed by atoms with Crippen LogP contribution in [0.15, 0.2) is 176 Å². The van der Waals surface area contributed by atoms with E-state index in [9.17, 15) is 0 Å². The first-order chi connectivity index (χ1) is 24.8. The quantitative estimate of drug-likeness (QED) is 0.169. The van der Waals surface area contributed by atoms with Crippen molar-refractivity contribution in [2.45, 2.75) is 0 Å². The standard InChI is InChI=1S/C45H29N5/c1-3-13-31(14-4-1)43-48-44(32-15-5-2-6-16-32)50-45(49-43)33-26-24-30(25-27-33)34-17-11-18-35(29-34)36-20-12-21-38-41(36)37-19-7-8-22-39(37)47-42(38)40-23-9-10-28-46-40/h1-29H. The molecule has 0 spiro atoms. The van der Waals surface area contributed by atoms with Crippen LogP contribution in [0.25, 0.3) is 89.5 Å². The normalized spacial score (nSPS) is 11.2. The molecule has 0 atom stereocenters. The molecule has 50 heavy (non-hydrogen) atoms. The maximum absolute atomic E-state index is 5.08. The van der Waals surface area contributed by atoms with Crippen molar-refractivity contribution in [1.82, 2.24) is 24.9 Å². The monoisotopic (exact) mass is 639 g/mol. The Kier molecular flexibility index (Phi) is 7.41. The van der Waals surface area contributed by atoms with E-state index in [-0.39, 0.29) is 0 Å². The van der Waals surface area contributed by atoms with Crippen LogP contribution in [0.3, 0.4) is 0 Å². The largest absolute Gasteiger partial charge is 0.255 e. The van der Waals surface area contributed by atoms with E-state index in [1.165, 1.54) is 5.39 Å². The van der Waals surface area contributed by atoms with Crippen LogP contribution >= 0.6 is 0 Å². The number of rotatable bonds is 6. The molecule has 0 N–H and O–H groups in total. The van der Waals surface area contributed by atoms with Gasteiger partial charge in [-0.25, -0.2) is 19.9 Å². The van der Waals surface area contributed by atoms with E-state index in [4.69, 9.17) is 19.9 Å². The number of hydrogen-bond acceptors (Lipinski definition) is 5. The van der Waals surface area contributed by atoms with E-state index < -0.39 is 0 Å². The summed E-state index contributed by atoms with van der Waals surface area (Å²) in [5.74, 6) is 1.93. The SMILES string of the molecule is c1ccc(-c2nc(-c3ccccc3)nc(-c3ccc(-c4cccc(-c5cccc6c(-c7ccccn7)nc7ccccc7c56)c4)cc3)n2)cc1. The highest BCUT2D eigenvalue weighted by molar-refractivity contribution is 6.16. The zero-order valence-electron chi connectivity index (χ0n) is 27.0. The Hall–Kier alpha value is -6.85. The molecule has 0 unspecified atom stereocenters. The maximum Gasteiger partial charge on any atom is 0.164 e. The van der Waals surface area contributed by atoms with Crippen LogP contribution in [0.4, 0.5) is 0 Å². The van der Waals surface area contributed by atoms with Gasteiger partial charge in [-0.05, 0) is 46.5 Å². The number of nitrogens with zero attached hydrogens (tertiary/aromatic N) is 5. The Balaban J connectivity index is 1.12. The molecule has 0 bridgehead atoms. The van der Waals surface area contributed by atoms with Gasteiger partial charge in [-0.2, -0.15) is 0 Å². The predicted molar refractivity (Wildman–Crippen MR) is 203 cm³/mol. The molecule has 0 saturated carbocycles. The lowest BCUT2D eigenvalue weighted by molar-refractivity contribution is 1.07. The van der Waals surface area contributed by atoms with E-state index >= 15 is 0 Å². The predicted octanol–water partition coefficient (Wildman–Crippen LogP) is 11.0. The van der Waals surface area contributed by atoms with Crippen molar-refractivity contribution in [2.75, 3.05) is 0 Å². The first-order valence-electron chi connectivity index (χ1n) is 16.6. The Morgan fingerprint density at radius 2 is 0.880 bits per heavy atom. The van der Waals surface area contributed by atoms with Gasteiger partial charge in [0.15, 0.2) is 17.5 Å². The third-order valence-electron chi connectivity index (χ3n) is 8.98. The van der Waals surface area contributed by atoms with Gasteiger partial charge in [-0.15, -0.1) is 0 Å². The van der Waals surface area contributed by atoms with Gasteiger partial charge >= 0.3 is 0 Å². The average molecular weight is 640 g/mol. The van der Waals surface area contributed by atoms with Gasteiger partial charge in [0, 0.05) is 39.0 Å². The minimum atomic E-state index is 0.637. The van der Waals surface area contributed by atoms with E-state index in [2.05, 4.69) is 89.9 Å². The Labute approximate surface area is 289 Å². The van der Waals surface area contributed by atoms with Crippen molar-refractivity contribution >= 4 is 21.7 Å². The van der Waals surface area contributed by atoms with Crippen molar-refractivity contribution in [3.63, 3.8) is 0 Å². The molecular weight excluding hydrogens is 611 g/mol. The number of para-hydroxylation sites is 1. The second kappa shape index (κ2) is 12.6. The van der Waals surface area contributed by atoms with Crippen LogP contribution in [0.1, 0.15) is 0 Å². The third-order valence-corrected chi connectivity index (χ3v) is 8.98. The molecule has 3 aromatic heterocycles. The number of fused-ring (bicyclic) bond motifs is 3. The summed E-state index contributed by atoms with van der Waals surface area (Å²) in [6.45, 7) is 0. The molecule has 5 heteroatoms. The van der Waals surface area contributed by atoms with Crippen molar-refractivity contribution in [2.24, 2.45) is 0 Å². The number of hydrogen-bond donors (Lipinski definition) is 0. The first-order valence-corrected chi connectivity index (χ1v) is 16.6. The van der Waals surface area contributed by atoms with Crippen LogP contribution < -0.4 is 0 Å². The van der Waals surface area contributed by atoms with Gasteiger partial charge in [-0.3, -0.25) is 4.98 Å². The van der Waals surface area contributed by atoms with Gasteiger partial charge in [0.2, 0.25) is 0 Å². The fourth-order valence-corrected chi connectivity index (χ4v) is 6.56. The minimum Gasteiger partial charge on any atom is -0.255 e. The zero-order valence-corrected chi connectivity index (χ0v) is 27.0. The molecule has 0 saturated heterocycles. The lowest BCUT2D eigenvalue weighted by Crippen LogP contribution is -2.00. The topological polar surface area (TPSA) is 64.5 Å². The molecule has 0 fully saturated rings. The highest BCUT2D eigenvalue weighted by Gasteiger charge is 2.16. The summed E-state index contributed by atoms with van der Waals surface area (Å²) in [5, 5.41) is 3.37. The fourth-order valence-electron chi connectivity index (χ4n) is 6.56. The smallest absolute Gasteiger partial charge is 0.164 e. The summed E-state index contributed by atoms with van der Waals surface area (Å²) >= 11 is 0. The summed E-state index contributed by atoms with van der Waals surface area (Å²) < 4.78 is 0. The molecule has 0 amide bonds. The molecule has 0 aliphatic rings. The maximum atomic E-state index is 5.08. The fraction of sp³-hybridized carbons (Fsp3) is 0. The van der Waals surface area contributed by atoms with E-state index in [0.717, 1.165) is 66.6 Å². The second-order valence-corrected chi connectivity index (χ2v) is 12.1.